The number of hydrogen-bond acceptors (Lipinski definition) is 6. The molecule has 0 spiro atoms. The fourth-order valence-corrected chi connectivity index (χ4v) is 4.11. The van der Waals surface area contributed by atoms with Gasteiger partial charge in [0, 0.05) is 6.20 Å². The Morgan fingerprint density at radius 2 is 1.72 bits per heavy atom. The average molecular weight is 447 g/mol. The van der Waals surface area contributed by atoms with Crippen LogP contribution in [0.5, 0.6) is 11.6 Å². The lowest BCUT2D eigenvalue weighted by atomic mass is 10.2. The highest BCUT2D eigenvalue weighted by Crippen LogP contribution is 2.28. The molecule has 0 bridgehead atoms. The number of nitriles is 1. The molecule has 0 amide bonds. The van der Waals surface area contributed by atoms with Crippen LogP contribution in [0, 0.1) is 17.1 Å². The van der Waals surface area contributed by atoms with Gasteiger partial charge in [0.05, 0.1) is 4.90 Å². The van der Waals surface area contributed by atoms with Crippen LogP contribution >= 0.6 is 0 Å². The molecular formula is C23H14FN3O4S. The van der Waals surface area contributed by atoms with E-state index in [9.17, 15) is 22.9 Å². The number of para-hydroxylation sites is 1. The van der Waals surface area contributed by atoms with Crippen molar-refractivity contribution in [1.29, 1.82) is 5.26 Å². The Kier molecular flexibility index (Phi) is 5.54. The van der Waals surface area contributed by atoms with Gasteiger partial charge in [0.15, 0.2) is 11.6 Å². The zero-order valence-electron chi connectivity index (χ0n) is 16.3. The lowest BCUT2D eigenvalue weighted by Crippen LogP contribution is -2.19. The van der Waals surface area contributed by atoms with E-state index in [2.05, 4.69) is 4.98 Å². The smallest absolute Gasteiger partial charge is 0.269 e. The monoisotopic (exact) mass is 447 g/mol. The maximum atomic E-state index is 14.2. The molecule has 0 aliphatic heterocycles. The second-order valence-electron chi connectivity index (χ2n) is 6.53. The number of ether oxygens (including phenoxy) is 1. The highest BCUT2D eigenvalue weighted by Gasteiger charge is 2.23. The number of rotatable bonds is 5. The molecule has 9 heteroatoms. The quantitative estimate of drug-likeness (QED) is 0.429. The Bertz CT molecular complexity index is 1560. The fourth-order valence-electron chi connectivity index (χ4n) is 2.94. The van der Waals surface area contributed by atoms with Crippen LogP contribution in [0.2, 0.25) is 0 Å². The minimum absolute atomic E-state index is 0.113. The highest BCUT2D eigenvalue weighted by atomic mass is 32.2. The van der Waals surface area contributed by atoms with Gasteiger partial charge in [-0.1, -0.05) is 36.4 Å². The summed E-state index contributed by atoms with van der Waals surface area (Å²) in [5.74, 6) is -1.24. The zero-order chi connectivity index (χ0) is 22.7. The topological polar surface area (TPSA) is 102 Å². The number of pyridine rings is 1. The lowest BCUT2D eigenvalue weighted by Gasteiger charge is -2.11. The number of aromatic nitrogens is 2. The summed E-state index contributed by atoms with van der Waals surface area (Å²) in [4.78, 5) is 16.6. The van der Waals surface area contributed by atoms with Crippen molar-refractivity contribution in [3.63, 3.8) is 0 Å². The largest absolute Gasteiger partial charge is 0.435 e. The molecule has 0 saturated carbocycles. The Morgan fingerprint density at radius 1 is 1.03 bits per heavy atom. The summed E-state index contributed by atoms with van der Waals surface area (Å²) in [6.07, 6.45) is 2.33. The van der Waals surface area contributed by atoms with E-state index in [1.165, 1.54) is 65.2 Å². The van der Waals surface area contributed by atoms with E-state index < -0.39 is 26.1 Å². The number of sulfone groups is 1. The summed E-state index contributed by atoms with van der Waals surface area (Å²) in [7, 11) is -4.22. The molecule has 4 aromatic rings. The minimum atomic E-state index is -4.22. The standard InChI is InChI=1S/C23H14FN3O4S/c24-19-10-4-5-11-20(19)31-22-18(23(28)27-13-7-6-12-21(27)26-22)14-17(15-25)32(29,30)16-8-2-1-3-9-16/h1-14H. The van der Waals surface area contributed by atoms with Gasteiger partial charge in [-0.05, 0) is 42.5 Å². The number of nitrogens with zero attached hydrogens (tertiary/aromatic N) is 3. The molecule has 4 rings (SSSR count). The zero-order valence-corrected chi connectivity index (χ0v) is 17.2. The van der Waals surface area contributed by atoms with Gasteiger partial charge in [-0.25, -0.2) is 12.8 Å². The summed E-state index contributed by atoms with van der Waals surface area (Å²) >= 11 is 0. The van der Waals surface area contributed by atoms with E-state index in [0.717, 1.165) is 6.08 Å². The molecular weight excluding hydrogens is 433 g/mol. The highest BCUT2D eigenvalue weighted by molar-refractivity contribution is 7.95. The molecule has 0 fully saturated rings. The van der Waals surface area contributed by atoms with E-state index >= 15 is 0 Å². The summed E-state index contributed by atoms with van der Waals surface area (Å²) in [6, 6.07) is 19.2. The van der Waals surface area contributed by atoms with Gasteiger partial charge in [0.2, 0.25) is 15.7 Å². The molecule has 0 atom stereocenters. The van der Waals surface area contributed by atoms with Crippen LogP contribution in [0.1, 0.15) is 5.56 Å². The second kappa shape index (κ2) is 8.45. The van der Waals surface area contributed by atoms with Gasteiger partial charge in [0.25, 0.3) is 5.56 Å². The minimum Gasteiger partial charge on any atom is -0.435 e. The van der Waals surface area contributed by atoms with E-state index in [-0.39, 0.29) is 27.7 Å². The predicted octanol–water partition coefficient (Wildman–Crippen LogP) is 3.96. The van der Waals surface area contributed by atoms with E-state index in [1.54, 1.807) is 24.3 Å². The first kappa shape index (κ1) is 21.0. The van der Waals surface area contributed by atoms with Crippen LogP contribution in [0.3, 0.4) is 0 Å². The third-order valence-corrected chi connectivity index (χ3v) is 6.19. The molecule has 0 radical (unpaired) electrons. The first-order chi connectivity index (χ1) is 15.4. The van der Waals surface area contributed by atoms with E-state index in [1.807, 2.05) is 0 Å². The number of benzene rings is 2. The van der Waals surface area contributed by atoms with Gasteiger partial charge in [0.1, 0.15) is 22.2 Å². The summed E-state index contributed by atoms with van der Waals surface area (Å²) in [5, 5.41) is 9.59. The lowest BCUT2D eigenvalue weighted by molar-refractivity contribution is 0.426. The molecule has 0 aliphatic carbocycles. The number of allylic oxidation sites excluding steroid dienone is 1. The van der Waals surface area contributed by atoms with Crippen molar-refractivity contribution in [3.8, 4) is 17.7 Å². The third-order valence-electron chi connectivity index (χ3n) is 4.51. The Morgan fingerprint density at radius 3 is 2.44 bits per heavy atom. The third kappa shape index (κ3) is 3.87. The van der Waals surface area contributed by atoms with Crippen LogP contribution in [0.25, 0.3) is 11.7 Å². The van der Waals surface area contributed by atoms with E-state index in [4.69, 9.17) is 4.74 Å². The van der Waals surface area contributed by atoms with Crippen LogP contribution < -0.4 is 10.3 Å². The van der Waals surface area contributed by atoms with Crippen molar-refractivity contribution in [2.24, 2.45) is 0 Å². The molecule has 2 heterocycles. The number of fused-ring (bicyclic) bond motifs is 1. The van der Waals surface area contributed by atoms with Crippen LogP contribution in [0.15, 0.2) is 93.6 Å². The second-order valence-corrected chi connectivity index (χ2v) is 8.45. The van der Waals surface area contributed by atoms with Crippen molar-refractivity contribution in [2.75, 3.05) is 0 Å². The summed E-state index contributed by atoms with van der Waals surface area (Å²) in [5.41, 5.74) is -0.795. The maximum absolute atomic E-state index is 14.2. The van der Waals surface area contributed by atoms with E-state index in [0.29, 0.717) is 0 Å². The first-order valence-electron chi connectivity index (χ1n) is 9.27. The molecule has 158 valence electrons. The molecule has 2 aromatic heterocycles. The van der Waals surface area contributed by atoms with Crippen molar-refractivity contribution in [3.05, 3.63) is 106 Å². The Labute approximate surface area is 182 Å². The van der Waals surface area contributed by atoms with Crippen molar-refractivity contribution >= 4 is 21.6 Å². The van der Waals surface area contributed by atoms with Crippen molar-refractivity contribution in [2.45, 2.75) is 4.90 Å². The Hall–Kier alpha value is -4.29. The molecule has 0 aliphatic rings. The molecule has 0 unspecified atom stereocenters. The first-order valence-corrected chi connectivity index (χ1v) is 10.8. The molecule has 0 saturated heterocycles. The van der Waals surface area contributed by atoms with Crippen LogP contribution in [-0.2, 0) is 9.84 Å². The van der Waals surface area contributed by atoms with Gasteiger partial charge < -0.3 is 4.74 Å². The number of hydrogen-bond donors (Lipinski definition) is 0. The predicted molar refractivity (Wildman–Crippen MR) is 115 cm³/mol. The summed E-state index contributed by atoms with van der Waals surface area (Å²) < 4.78 is 46.8. The molecule has 0 N–H and O–H groups in total. The molecule has 32 heavy (non-hydrogen) atoms. The fraction of sp³-hybridized carbons (Fsp3) is 0. The van der Waals surface area contributed by atoms with Gasteiger partial charge in [-0.3, -0.25) is 9.20 Å². The normalized spacial score (nSPS) is 11.8. The molecule has 7 nitrogen and oxygen atoms in total. The SMILES string of the molecule is N#CC(=Cc1c(Oc2ccccc2F)nc2ccccn2c1=O)S(=O)(=O)c1ccccc1. The van der Waals surface area contributed by atoms with Crippen LogP contribution in [-0.4, -0.2) is 17.8 Å². The summed E-state index contributed by atoms with van der Waals surface area (Å²) in [6.45, 7) is 0. The van der Waals surface area contributed by atoms with Gasteiger partial charge in [-0.2, -0.15) is 10.2 Å². The van der Waals surface area contributed by atoms with Crippen LogP contribution in [0.4, 0.5) is 4.39 Å². The van der Waals surface area contributed by atoms with Gasteiger partial charge >= 0.3 is 0 Å². The Balaban J connectivity index is 1.96. The average Bonchev–Trinajstić information content (AvgIpc) is 2.81. The van der Waals surface area contributed by atoms with Crippen molar-refractivity contribution < 1.29 is 17.5 Å². The molecule has 2 aromatic carbocycles. The van der Waals surface area contributed by atoms with Crippen molar-refractivity contribution in [1.82, 2.24) is 9.38 Å². The maximum Gasteiger partial charge on any atom is 0.269 e. The van der Waals surface area contributed by atoms with Gasteiger partial charge in [-0.15, -0.1) is 0 Å². The number of halogens is 1.